The van der Waals surface area contributed by atoms with Crippen LogP contribution in [0.15, 0.2) is 127 Å². The summed E-state index contributed by atoms with van der Waals surface area (Å²) >= 11 is 0. The quantitative estimate of drug-likeness (QED) is 0.148. The highest BCUT2D eigenvalue weighted by molar-refractivity contribution is 6.02. The van der Waals surface area contributed by atoms with E-state index in [4.69, 9.17) is 24.7 Å². The number of aliphatic hydroxyl groups excluding tert-OH is 1. The van der Waals surface area contributed by atoms with Crippen molar-refractivity contribution in [2.24, 2.45) is 0 Å². The van der Waals surface area contributed by atoms with Gasteiger partial charge in [-0.15, -0.1) is 0 Å². The Hall–Kier alpha value is -5.04. The van der Waals surface area contributed by atoms with Crippen LogP contribution in [0.5, 0.6) is 0 Å². The highest BCUT2D eigenvalue weighted by Gasteiger charge is 2.55. The van der Waals surface area contributed by atoms with Crippen LogP contribution in [0.3, 0.4) is 0 Å². The number of hydrogen-bond acceptors (Lipinski definition) is 10. The zero-order chi connectivity index (χ0) is 34.1. The lowest BCUT2D eigenvalue weighted by Gasteiger charge is -2.40. The molecule has 11 heteroatoms. The number of ketones is 1. The number of nitrogens with two attached hydrogens (primary N) is 1. The molecule has 1 saturated heterocycles. The molecule has 3 atom stereocenters. The number of rotatable bonds is 11. The van der Waals surface area contributed by atoms with E-state index >= 15 is 0 Å². The smallest absolute Gasteiger partial charge is 0.215 e. The maximum absolute atomic E-state index is 14.5. The van der Waals surface area contributed by atoms with E-state index < -0.39 is 29.3 Å². The lowest BCUT2D eigenvalue weighted by atomic mass is 9.77. The third-order valence-electron chi connectivity index (χ3n) is 9.45. The van der Waals surface area contributed by atoms with Crippen molar-refractivity contribution in [2.75, 3.05) is 26.6 Å². The molecule has 2 aromatic heterocycles. The van der Waals surface area contributed by atoms with Crippen molar-refractivity contribution in [1.29, 1.82) is 0 Å². The van der Waals surface area contributed by atoms with Crippen LogP contribution in [-0.2, 0) is 30.3 Å². The molecule has 7 rings (SSSR count). The Morgan fingerprint density at radius 1 is 0.959 bits per heavy atom. The van der Waals surface area contributed by atoms with E-state index in [0.29, 0.717) is 23.1 Å². The molecule has 2 aliphatic rings. The summed E-state index contributed by atoms with van der Waals surface area (Å²) in [6.07, 6.45) is 6.98. The zero-order valence-electron chi connectivity index (χ0n) is 27.2. The van der Waals surface area contributed by atoms with E-state index in [0.717, 1.165) is 16.7 Å². The van der Waals surface area contributed by atoms with Crippen molar-refractivity contribution < 1.29 is 28.8 Å². The minimum absolute atomic E-state index is 0.0800. The van der Waals surface area contributed by atoms with Crippen LogP contribution in [0.4, 0.5) is 5.82 Å². The minimum Gasteiger partial charge on any atom is -0.390 e. The first kappa shape index (κ1) is 32.5. The Morgan fingerprint density at radius 3 is 2.18 bits per heavy atom. The van der Waals surface area contributed by atoms with Gasteiger partial charge in [-0.3, -0.25) is 9.36 Å². The molecule has 0 spiro atoms. The van der Waals surface area contributed by atoms with Gasteiger partial charge in [0.1, 0.15) is 23.5 Å². The van der Waals surface area contributed by atoms with Crippen molar-refractivity contribution in [3.63, 3.8) is 0 Å². The lowest BCUT2D eigenvalue weighted by molar-refractivity contribution is -0.168. The van der Waals surface area contributed by atoms with Gasteiger partial charge in [0.25, 0.3) is 0 Å². The number of carbonyl (C=O) groups is 1. The number of carbonyl (C=O) groups excluding carboxylic acids is 1. The molecular formula is C38H37N5O6. The Labute approximate surface area is 283 Å². The molecule has 0 radical (unpaired) electrons. The van der Waals surface area contributed by atoms with Crippen LogP contribution in [-0.4, -0.2) is 69.2 Å². The van der Waals surface area contributed by atoms with Gasteiger partial charge >= 0.3 is 0 Å². The molecule has 0 bridgehead atoms. The number of ether oxygens (including phenoxy) is 4. The molecule has 3 heterocycles. The average Bonchev–Trinajstić information content (AvgIpc) is 3.75. The molecule has 0 unspecified atom stereocenters. The molecule has 3 aromatic carbocycles. The number of aromatic nitrogens is 4. The van der Waals surface area contributed by atoms with Gasteiger partial charge < -0.3 is 29.8 Å². The second-order valence-corrected chi connectivity index (χ2v) is 12.1. The van der Waals surface area contributed by atoms with Crippen LogP contribution < -0.4 is 5.73 Å². The van der Waals surface area contributed by atoms with Gasteiger partial charge in [-0.05, 0) is 22.8 Å². The third kappa shape index (κ3) is 5.55. The Bertz CT molecular complexity index is 1960. The monoisotopic (exact) mass is 659 g/mol. The maximum atomic E-state index is 14.5. The van der Waals surface area contributed by atoms with E-state index in [1.54, 1.807) is 43.1 Å². The number of fused-ring (bicyclic) bond motifs is 1. The van der Waals surface area contributed by atoms with E-state index in [1.807, 2.05) is 85.0 Å². The predicted octanol–water partition coefficient (Wildman–Crippen LogP) is 4.93. The predicted molar refractivity (Wildman–Crippen MR) is 182 cm³/mol. The first-order valence-corrected chi connectivity index (χ1v) is 16.0. The Kier molecular flexibility index (Phi) is 8.70. The molecule has 0 amide bonds. The Morgan fingerprint density at radius 2 is 1.59 bits per heavy atom. The highest BCUT2D eigenvalue weighted by atomic mass is 16.7. The first-order chi connectivity index (χ1) is 23.9. The summed E-state index contributed by atoms with van der Waals surface area (Å²) in [4.78, 5) is 27.3. The third-order valence-corrected chi connectivity index (χ3v) is 9.45. The van der Waals surface area contributed by atoms with E-state index in [2.05, 4.69) is 15.0 Å². The standard InChI is InChI=1S/C38H37N5O6/c1-46-36(47-2)20-18-29(19-21-36)38(27-14-8-4-9-15-27,28-16-10-5-11-17-28)48-23-31-30(44)22-37(49-31,33(45)26-12-6-3-7-13-26)43-25-42-32-34(39)40-24-41-35(32)43/h3-20,24-25,30-31,44H,21-23H2,1-2H3,(H2,39,40,41)/t30-,31+,37-/m0/s1. The number of hydrogen-bond donors (Lipinski definition) is 2. The number of benzene rings is 3. The summed E-state index contributed by atoms with van der Waals surface area (Å²) in [5.41, 5.74) is 6.91. The fraction of sp³-hybridized carbons (Fsp3) is 0.263. The zero-order valence-corrected chi connectivity index (χ0v) is 27.2. The number of imidazole rings is 1. The van der Waals surface area contributed by atoms with Gasteiger partial charge in [-0.2, -0.15) is 0 Å². The summed E-state index contributed by atoms with van der Waals surface area (Å²) in [5, 5.41) is 11.7. The fourth-order valence-electron chi connectivity index (χ4n) is 6.84. The largest absolute Gasteiger partial charge is 0.390 e. The van der Waals surface area contributed by atoms with Gasteiger partial charge in [0.15, 0.2) is 17.3 Å². The molecule has 49 heavy (non-hydrogen) atoms. The summed E-state index contributed by atoms with van der Waals surface area (Å²) in [6, 6.07) is 28.6. The highest BCUT2D eigenvalue weighted by Crippen LogP contribution is 2.46. The van der Waals surface area contributed by atoms with Crippen molar-refractivity contribution >= 4 is 22.8 Å². The van der Waals surface area contributed by atoms with E-state index in [9.17, 15) is 9.90 Å². The van der Waals surface area contributed by atoms with Crippen LogP contribution in [0.1, 0.15) is 34.3 Å². The van der Waals surface area contributed by atoms with Gasteiger partial charge in [0.2, 0.25) is 11.5 Å². The van der Waals surface area contributed by atoms with Crippen LogP contribution >= 0.6 is 0 Å². The average molecular weight is 660 g/mol. The molecule has 0 saturated carbocycles. The van der Waals surface area contributed by atoms with Crippen molar-refractivity contribution in [2.45, 2.75) is 42.2 Å². The summed E-state index contributed by atoms with van der Waals surface area (Å²) in [6.45, 7) is -0.0800. The maximum Gasteiger partial charge on any atom is 0.215 e. The molecule has 5 aromatic rings. The molecule has 3 N–H and O–H groups in total. The molecule has 11 nitrogen and oxygen atoms in total. The first-order valence-electron chi connectivity index (χ1n) is 16.0. The molecule has 1 aliphatic heterocycles. The summed E-state index contributed by atoms with van der Waals surface area (Å²) < 4.78 is 26.7. The number of methoxy groups -OCH3 is 2. The van der Waals surface area contributed by atoms with Gasteiger partial charge in [0, 0.05) is 32.6 Å². The number of anilines is 1. The minimum atomic E-state index is -1.70. The molecular weight excluding hydrogens is 622 g/mol. The van der Waals surface area contributed by atoms with Crippen molar-refractivity contribution in [3.8, 4) is 0 Å². The number of aliphatic hydroxyl groups is 1. The molecule has 1 fully saturated rings. The number of nitrogens with zero attached hydrogens (tertiary/aromatic N) is 4. The van der Waals surface area contributed by atoms with Gasteiger partial charge in [-0.25, -0.2) is 15.0 Å². The SMILES string of the molecule is COC1(OC)C=CC(C(OC[C@H]2O[C@@](C(=O)c3ccccc3)(n3cnc4c(N)ncnc43)C[C@@H]2O)(c2ccccc2)c2ccccc2)=CC1. The lowest BCUT2D eigenvalue weighted by Crippen LogP contribution is -2.43. The fourth-order valence-corrected chi connectivity index (χ4v) is 6.84. The van der Waals surface area contributed by atoms with Crippen LogP contribution in [0, 0.1) is 0 Å². The number of Topliss-reactive ketones (excluding diaryl/α,β-unsaturated/α-hetero) is 1. The topological polar surface area (TPSA) is 144 Å². The summed E-state index contributed by atoms with van der Waals surface area (Å²) in [5.74, 6) is -1.11. The van der Waals surface area contributed by atoms with E-state index in [1.165, 1.54) is 12.7 Å². The summed E-state index contributed by atoms with van der Waals surface area (Å²) in [7, 11) is 3.22. The normalized spacial score (nSPS) is 21.9. The second kappa shape index (κ2) is 13.1. The van der Waals surface area contributed by atoms with Crippen LogP contribution in [0.2, 0.25) is 0 Å². The second-order valence-electron chi connectivity index (χ2n) is 12.1. The van der Waals surface area contributed by atoms with Gasteiger partial charge in [-0.1, -0.05) is 103 Å². The number of nitrogen functional groups attached to an aromatic ring is 1. The molecule has 250 valence electrons. The van der Waals surface area contributed by atoms with Crippen molar-refractivity contribution in [3.05, 3.63) is 144 Å². The van der Waals surface area contributed by atoms with Crippen LogP contribution in [0.25, 0.3) is 11.2 Å². The van der Waals surface area contributed by atoms with E-state index in [-0.39, 0.29) is 24.6 Å². The molecule has 1 aliphatic carbocycles. The van der Waals surface area contributed by atoms with Crippen molar-refractivity contribution in [1.82, 2.24) is 19.5 Å². The Balaban J connectivity index is 1.31. The van der Waals surface area contributed by atoms with Gasteiger partial charge in [0.05, 0.1) is 19.0 Å².